The average Bonchev–Trinajstić information content (AvgIpc) is 3.29. The highest BCUT2D eigenvalue weighted by Gasteiger charge is 2.62. The SMILES string of the molecule is Cc1ccc(S(=O)(=O)OC[C@H]2C[C@@H](COS(=O)(=O)c3ccc(C)cc3)[C@@H]3[C@H]2C[C@H]2O[C@@H]32)cc1. The predicted octanol–water partition coefficient (Wildman–Crippen LogP) is 3.45. The first kappa shape index (κ1) is 23.0. The molecule has 1 saturated heterocycles. The first-order valence-corrected chi connectivity index (χ1v) is 14.0. The molecule has 0 bridgehead atoms. The maximum absolute atomic E-state index is 12.6. The number of hydrogen-bond donors (Lipinski definition) is 0. The maximum Gasteiger partial charge on any atom is 0.296 e. The van der Waals surface area contributed by atoms with Crippen LogP contribution in [0.1, 0.15) is 24.0 Å². The van der Waals surface area contributed by atoms with E-state index in [1.54, 1.807) is 48.5 Å². The quantitative estimate of drug-likeness (QED) is 0.411. The second-order valence-corrected chi connectivity index (χ2v) is 12.7. The Hall–Kier alpha value is -1.78. The molecule has 6 atom stereocenters. The molecular formula is C24H28O7S2. The van der Waals surface area contributed by atoms with E-state index in [1.807, 2.05) is 13.8 Å². The molecule has 0 unspecified atom stereocenters. The molecule has 2 saturated carbocycles. The highest BCUT2D eigenvalue weighted by atomic mass is 32.2. The zero-order chi connectivity index (χ0) is 23.4. The normalized spacial score (nSPS) is 30.7. The van der Waals surface area contributed by atoms with E-state index in [-0.39, 0.29) is 58.9 Å². The van der Waals surface area contributed by atoms with Crippen molar-refractivity contribution in [2.75, 3.05) is 13.2 Å². The summed E-state index contributed by atoms with van der Waals surface area (Å²) in [5.41, 5.74) is 1.94. The third-order valence-electron chi connectivity index (χ3n) is 7.25. The van der Waals surface area contributed by atoms with Gasteiger partial charge < -0.3 is 4.74 Å². The summed E-state index contributed by atoms with van der Waals surface area (Å²) in [6, 6.07) is 13.2. The topological polar surface area (TPSA) is 99.3 Å². The van der Waals surface area contributed by atoms with Crippen molar-refractivity contribution in [3.05, 3.63) is 59.7 Å². The van der Waals surface area contributed by atoms with Gasteiger partial charge in [-0.15, -0.1) is 0 Å². The van der Waals surface area contributed by atoms with E-state index < -0.39 is 20.2 Å². The summed E-state index contributed by atoms with van der Waals surface area (Å²) in [6.45, 7) is 3.93. The minimum atomic E-state index is -3.86. The van der Waals surface area contributed by atoms with Gasteiger partial charge in [0, 0.05) is 0 Å². The van der Waals surface area contributed by atoms with Crippen molar-refractivity contribution >= 4 is 20.2 Å². The molecule has 0 spiro atoms. The van der Waals surface area contributed by atoms with Gasteiger partial charge in [-0.3, -0.25) is 8.37 Å². The number of epoxide rings is 1. The maximum atomic E-state index is 12.6. The van der Waals surface area contributed by atoms with Crippen molar-refractivity contribution in [2.24, 2.45) is 23.7 Å². The minimum absolute atomic E-state index is 0.0160. The lowest BCUT2D eigenvalue weighted by Gasteiger charge is -2.21. The summed E-state index contributed by atoms with van der Waals surface area (Å²) in [4.78, 5) is 0.281. The van der Waals surface area contributed by atoms with Crippen molar-refractivity contribution in [1.29, 1.82) is 0 Å². The van der Waals surface area contributed by atoms with Crippen molar-refractivity contribution in [3.8, 4) is 0 Å². The van der Waals surface area contributed by atoms with Crippen molar-refractivity contribution in [1.82, 2.24) is 0 Å². The monoisotopic (exact) mass is 492 g/mol. The molecule has 1 aliphatic heterocycles. The number of aryl methyl sites for hydroxylation is 2. The molecule has 2 aliphatic carbocycles. The van der Waals surface area contributed by atoms with Gasteiger partial charge in [-0.05, 0) is 74.6 Å². The van der Waals surface area contributed by atoms with E-state index >= 15 is 0 Å². The van der Waals surface area contributed by atoms with Crippen LogP contribution < -0.4 is 0 Å². The van der Waals surface area contributed by atoms with Gasteiger partial charge >= 0.3 is 0 Å². The van der Waals surface area contributed by atoms with Gasteiger partial charge in [-0.1, -0.05) is 35.4 Å². The molecule has 9 heteroatoms. The number of benzene rings is 2. The lowest BCUT2D eigenvalue weighted by Crippen LogP contribution is -2.23. The van der Waals surface area contributed by atoms with Crippen LogP contribution >= 0.6 is 0 Å². The molecule has 5 rings (SSSR count). The van der Waals surface area contributed by atoms with E-state index in [0.29, 0.717) is 6.42 Å². The van der Waals surface area contributed by atoms with Gasteiger partial charge in [-0.2, -0.15) is 16.8 Å². The molecule has 178 valence electrons. The summed E-state index contributed by atoms with van der Waals surface area (Å²) in [7, 11) is -7.70. The number of ether oxygens (including phenoxy) is 1. The average molecular weight is 493 g/mol. The Morgan fingerprint density at radius 3 is 1.76 bits per heavy atom. The second-order valence-electron chi connectivity index (χ2n) is 9.48. The zero-order valence-corrected chi connectivity index (χ0v) is 20.2. The Bertz CT molecular complexity index is 1220. The van der Waals surface area contributed by atoms with E-state index in [9.17, 15) is 16.8 Å². The highest BCUT2D eigenvalue weighted by Crippen LogP contribution is 2.59. The highest BCUT2D eigenvalue weighted by molar-refractivity contribution is 7.87. The summed E-state index contributed by atoms with van der Waals surface area (Å²) in [5.74, 6) is 0.405. The fourth-order valence-corrected chi connectivity index (χ4v) is 7.39. The van der Waals surface area contributed by atoms with Gasteiger partial charge in [0.2, 0.25) is 0 Å². The Morgan fingerprint density at radius 1 is 0.758 bits per heavy atom. The van der Waals surface area contributed by atoms with E-state index in [0.717, 1.165) is 17.5 Å². The Balaban J connectivity index is 1.25. The smallest absolute Gasteiger partial charge is 0.296 e. The molecule has 3 aliphatic rings. The largest absolute Gasteiger partial charge is 0.369 e. The zero-order valence-electron chi connectivity index (χ0n) is 18.6. The van der Waals surface area contributed by atoms with Crippen LogP contribution in [0, 0.1) is 37.5 Å². The van der Waals surface area contributed by atoms with Crippen LogP contribution in [0.5, 0.6) is 0 Å². The third kappa shape index (κ3) is 4.61. The molecule has 7 nitrogen and oxygen atoms in total. The Kier molecular flexibility index (Phi) is 5.89. The Morgan fingerprint density at radius 2 is 1.24 bits per heavy atom. The first-order chi connectivity index (χ1) is 15.6. The van der Waals surface area contributed by atoms with Gasteiger partial charge in [0.15, 0.2) is 0 Å². The van der Waals surface area contributed by atoms with E-state index in [1.165, 1.54) is 0 Å². The first-order valence-electron chi connectivity index (χ1n) is 11.2. The summed E-state index contributed by atoms with van der Waals surface area (Å²) in [6.07, 6.45) is 1.81. The summed E-state index contributed by atoms with van der Waals surface area (Å²) < 4.78 is 67.2. The molecular weight excluding hydrogens is 464 g/mol. The standard InChI is InChI=1S/C24H28O7S2/c1-15-3-7-19(8-4-15)32(25,26)29-13-17-11-18(23-21(17)12-22-24(23)31-22)14-30-33(27,28)20-9-5-16(2)6-10-20/h3-10,17-18,21-24H,11-14H2,1-2H3/t17-,18+,21+,22-,23-,24-/m1/s1. The number of rotatable bonds is 8. The molecule has 33 heavy (non-hydrogen) atoms. The number of fused-ring (bicyclic) bond motifs is 3. The second kappa shape index (κ2) is 8.46. The van der Waals surface area contributed by atoms with E-state index in [4.69, 9.17) is 13.1 Å². The number of hydrogen-bond acceptors (Lipinski definition) is 7. The van der Waals surface area contributed by atoms with Gasteiger partial charge in [0.05, 0.1) is 35.2 Å². The molecule has 0 radical (unpaired) electrons. The predicted molar refractivity (Wildman–Crippen MR) is 120 cm³/mol. The van der Waals surface area contributed by atoms with Crippen LogP contribution in [0.2, 0.25) is 0 Å². The summed E-state index contributed by atoms with van der Waals surface area (Å²) >= 11 is 0. The van der Waals surface area contributed by atoms with Gasteiger partial charge in [-0.25, -0.2) is 0 Å². The van der Waals surface area contributed by atoms with E-state index in [2.05, 4.69) is 0 Å². The van der Waals surface area contributed by atoms with Gasteiger partial charge in [0.25, 0.3) is 20.2 Å². The van der Waals surface area contributed by atoms with Crippen LogP contribution in [-0.2, 0) is 33.3 Å². The van der Waals surface area contributed by atoms with Crippen LogP contribution in [0.25, 0.3) is 0 Å². The van der Waals surface area contributed by atoms with Crippen molar-refractivity contribution in [3.63, 3.8) is 0 Å². The van der Waals surface area contributed by atoms with Crippen molar-refractivity contribution in [2.45, 2.75) is 48.7 Å². The third-order valence-corrected chi connectivity index (χ3v) is 9.84. The Labute approximate surface area is 195 Å². The van der Waals surface area contributed by atoms with Crippen LogP contribution in [0.15, 0.2) is 58.3 Å². The fraction of sp³-hybridized carbons (Fsp3) is 0.500. The minimum Gasteiger partial charge on any atom is -0.369 e. The lowest BCUT2D eigenvalue weighted by molar-refractivity contribution is 0.140. The lowest BCUT2D eigenvalue weighted by atomic mass is 9.90. The molecule has 3 fully saturated rings. The van der Waals surface area contributed by atoms with Crippen molar-refractivity contribution < 1.29 is 29.9 Å². The summed E-state index contributed by atoms with van der Waals surface area (Å²) in [5, 5.41) is 0. The van der Waals surface area contributed by atoms with Crippen LogP contribution in [0.4, 0.5) is 0 Å². The molecule has 1 heterocycles. The molecule has 2 aromatic rings. The van der Waals surface area contributed by atoms with Crippen LogP contribution in [-0.4, -0.2) is 42.3 Å². The molecule has 0 aromatic heterocycles. The molecule has 0 amide bonds. The molecule has 2 aromatic carbocycles. The van der Waals surface area contributed by atoms with Gasteiger partial charge in [0.1, 0.15) is 0 Å². The van der Waals surface area contributed by atoms with Crippen LogP contribution in [0.3, 0.4) is 0 Å². The fourth-order valence-electron chi connectivity index (χ4n) is 5.47. The molecule has 0 N–H and O–H groups in total.